The fourth-order valence-corrected chi connectivity index (χ4v) is 7.10. The number of fused-ring (bicyclic) bond motifs is 2. The first-order valence-electron chi connectivity index (χ1n) is 10.0. The van der Waals surface area contributed by atoms with Gasteiger partial charge in [0.05, 0.1) is 17.4 Å². The van der Waals surface area contributed by atoms with Crippen LogP contribution in [0.15, 0.2) is 43.0 Å². The molecule has 1 fully saturated rings. The molecule has 0 amide bonds. The van der Waals surface area contributed by atoms with Crippen molar-refractivity contribution >= 4 is 33.1 Å². The van der Waals surface area contributed by atoms with Crippen LogP contribution >= 0.6 is 11.5 Å². The van der Waals surface area contributed by atoms with Gasteiger partial charge in [-0.3, -0.25) is 0 Å². The quantitative estimate of drug-likeness (QED) is 0.619. The fourth-order valence-electron chi connectivity index (χ4n) is 4.89. The number of para-hydroxylation sites is 1. The maximum absolute atomic E-state index is 13.7. The zero-order valence-electron chi connectivity index (χ0n) is 16.7. The van der Waals surface area contributed by atoms with E-state index in [1.165, 1.54) is 17.9 Å². The van der Waals surface area contributed by atoms with Crippen LogP contribution in [0.4, 0.5) is 11.5 Å². The molecule has 1 saturated heterocycles. The van der Waals surface area contributed by atoms with Gasteiger partial charge in [-0.1, -0.05) is 18.2 Å². The third-order valence-electron chi connectivity index (χ3n) is 6.38. The molecule has 4 heterocycles. The maximum Gasteiger partial charge on any atom is 0.307 e. The van der Waals surface area contributed by atoms with E-state index in [-0.39, 0.29) is 15.1 Å². The van der Waals surface area contributed by atoms with Crippen LogP contribution in [0.5, 0.6) is 0 Å². The summed E-state index contributed by atoms with van der Waals surface area (Å²) >= 11 is 1.24. The Morgan fingerprint density at radius 2 is 1.93 bits per heavy atom. The number of piperidine rings is 1. The molecular weight excluding hydrogens is 420 g/mol. The monoisotopic (exact) mass is 443 g/mol. The van der Waals surface area contributed by atoms with Crippen LogP contribution in [-0.4, -0.2) is 53.1 Å². The Morgan fingerprint density at radius 1 is 1.13 bits per heavy atom. The van der Waals surface area contributed by atoms with Crippen molar-refractivity contribution in [3.8, 4) is 10.7 Å². The molecule has 10 heteroatoms. The number of hydrogen-bond donors (Lipinski definition) is 1. The van der Waals surface area contributed by atoms with E-state index in [9.17, 15) is 8.42 Å². The molecule has 0 bridgehead atoms. The summed E-state index contributed by atoms with van der Waals surface area (Å²) in [5.41, 5.74) is 2.33. The Morgan fingerprint density at radius 3 is 2.60 bits per heavy atom. The minimum atomic E-state index is -3.58. The molecule has 1 N–H and O–H groups in total. The second-order valence-corrected chi connectivity index (χ2v) is 11.0. The molecule has 2 aliphatic rings. The van der Waals surface area contributed by atoms with E-state index in [2.05, 4.69) is 30.7 Å². The van der Waals surface area contributed by atoms with Gasteiger partial charge in [-0.15, -0.1) is 3.89 Å². The lowest BCUT2D eigenvalue weighted by molar-refractivity contribution is 0.295. The van der Waals surface area contributed by atoms with Crippen molar-refractivity contribution < 1.29 is 8.42 Å². The third kappa shape index (κ3) is 2.74. The normalized spacial score (nSPS) is 22.8. The highest BCUT2D eigenvalue weighted by atomic mass is 32.2. The van der Waals surface area contributed by atoms with Crippen molar-refractivity contribution in [2.24, 2.45) is 0 Å². The minimum absolute atomic E-state index is 0.0233. The molecule has 1 aromatic carbocycles. The SMILES string of the molecule is CCS(=O)(=O)[N+]1(c2cnc(-c3ncns3)cn2)CC2(CCNCC2)c2ccccc21. The van der Waals surface area contributed by atoms with Crippen LogP contribution in [0, 0.1) is 0 Å². The second kappa shape index (κ2) is 7.16. The summed E-state index contributed by atoms with van der Waals surface area (Å²) in [7, 11) is -3.58. The third-order valence-corrected chi connectivity index (χ3v) is 9.26. The van der Waals surface area contributed by atoms with E-state index in [4.69, 9.17) is 0 Å². The molecular formula is C20H23N6O2S2+. The maximum atomic E-state index is 13.7. The summed E-state index contributed by atoms with van der Waals surface area (Å²) in [6.45, 7) is 3.91. The van der Waals surface area contributed by atoms with Gasteiger partial charge in [0.15, 0.2) is 10.7 Å². The van der Waals surface area contributed by atoms with Gasteiger partial charge < -0.3 is 5.32 Å². The number of rotatable bonds is 4. The summed E-state index contributed by atoms with van der Waals surface area (Å²) in [6.07, 6.45) is 6.49. The van der Waals surface area contributed by atoms with E-state index < -0.39 is 10.0 Å². The number of hydrogen-bond acceptors (Lipinski definition) is 8. The smallest absolute Gasteiger partial charge is 0.307 e. The standard InChI is InChI=1S/C20H23N6O2S2/c1-2-30(27,28)26(18-12-22-16(11-23-18)19-24-14-25-29-19)13-20(7-9-21-10-8-20)15-5-3-4-6-17(15)26/h3-6,11-12,14,21H,2,7-10,13H2,1H3/q+1. The molecule has 5 rings (SSSR count). The molecule has 1 atom stereocenters. The Hall–Kier alpha value is -2.27. The van der Waals surface area contributed by atoms with E-state index in [1.807, 2.05) is 18.2 Å². The summed E-state index contributed by atoms with van der Waals surface area (Å²) in [5, 5.41) is 4.08. The van der Waals surface area contributed by atoms with Gasteiger partial charge in [0.2, 0.25) is 0 Å². The molecule has 1 unspecified atom stereocenters. The fraction of sp³-hybridized carbons (Fsp3) is 0.400. The van der Waals surface area contributed by atoms with Crippen LogP contribution in [0.3, 0.4) is 0 Å². The van der Waals surface area contributed by atoms with Crippen LogP contribution in [0.1, 0.15) is 25.3 Å². The van der Waals surface area contributed by atoms with Crippen molar-refractivity contribution in [3.05, 3.63) is 48.5 Å². The van der Waals surface area contributed by atoms with Crippen LogP contribution in [0.2, 0.25) is 0 Å². The van der Waals surface area contributed by atoms with Crippen molar-refractivity contribution in [2.45, 2.75) is 25.2 Å². The molecule has 8 nitrogen and oxygen atoms in total. The van der Waals surface area contributed by atoms with Gasteiger partial charge in [-0.25, -0.2) is 9.97 Å². The first kappa shape index (κ1) is 19.7. The first-order valence-corrected chi connectivity index (χ1v) is 12.4. The summed E-state index contributed by atoms with van der Waals surface area (Å²) in [4.78, 5) is 13.3. The number of aromatic nitrogens is 4. The molecule has 0 saturated carbocycles. The van der Waals surface area contributed by atoms with Crippen molar-refractivity contribution in [2.75, 3.05) is 25.4 Å². The molecule has 2 aliphatic heterocycles. The zero-order chi connectivity index (χ0) is 20.8. The summed E-state index contributed by atoms with van der Waals surface area (Å²) < 4.78 is 31.1. The highest BCUT2D eigenvalue weighted by molar-refractivity contribution is 7.91. The Kier molecular flexibility index (Phi) is 4.69. The van der Waals surface area contributed by atoms with Crippen molar-refractivity contribution in [3.63, 3.8) is 0 Å². The predicted octanol–water partition coefficient (Wildman–Crippen LogP) is 2.62. The van der Waals surface area contributed by atoms with E-state index >= 15 is 0 Å². The van der Waals surface area contributed by atoms with Crippen molar-refractivity contribution in [1.82, 2.24) is 28.5 Å². The molecule has 0 aliphatic carbocycles. The van der Waals surface area contributed by atoms with Crippen molar-refractivity contribution in [1.29, 1.82) is 0 Å². The molecule has 2 aromatic heterocycles. The average molecular weight is 444 g/mol. The van der Waals surface area contributed by atoms with Gasteiger partial charge >= 0.3 is 10.0 Å². The van der Waals surface area contributed by atoms with Crippen LogP contribution in [0.25, 0.3) is 10.7 Å². The lowest BCUT2D eigenvalue weighted by atomic mass is 9.75. The predicted molar refractivity (Wildman–Crippen MR) is 117 cm³/mol. The van der Waals surface area contributed by atoms with Gasteiger partial charge in [0, 0.05) is 11.6 Å². The number of sulfonamides is 1. The number of benzene rings is 1. The Labute approximate surface area is 179 Å². The number of nitrogens with one attached hydrogen (secondary N) is 1. The van der Waals surface area contributed by atoms with Crippen LogP contribution in [-0.2, 0) is 15.4 Å². The molecule has 3 aromatic rings. The topological polar surface area (TPSA) is 97.7 Å². The highest BCUT2D eigenvalue weighted by Crippen LogP contribution is 2.54. The Bertz CT molecular complexity index is 1160. The van der Waals surface area contributed by atoms with Gasteiger partial charge in [-0.2, -0.15) is 17.8 Å². The zero-order valence-corrected chi connectivity index (χ0v) is 18.3. The van der Waals surface area contributed by atoms with E-state index in [0.717, 1.165) is 37.2 Å². The molecule has 156 valence electrons. The summed E-state index contributed by atoms with van der Waals surface area (Å²) in [5.74, 6) is 0.461. The van der Waals surface area contributed by atoms with Crippen LogP contribution < -0.4 is 9.21 Å². The minimum Gasteiger partial charge on any atom is -0.317 e. The first-order chi connectivity index (χ1) is 14.5. The molecule has 0 radical (unpaired) electrons. The number of nitrogens with zero attached hydrogens (tertiary/aromatic N) is 5. The highest BCUT2D eigenvalue weighted by Gasteiger charge is 2.61. The lowest BCUT2D eigenvalue weighted by Crippen LogP contribution is -2.54. The molecule has 30 heavy (non-hydrogen) atoms. The number of quaternary nitrogens is 1. The average Bonchev–Trinajstić information content (AvgIpc) is 3.42. The Balaban J connectivity index is 1.72. The van der Waals surface area contributed by atoms with Gasteiger partial charge in [0.1, 0.15) is 24.8 Å². The van der Waals surface area contributed by atoms with E-state index in [1.54, 1.807) is 19.3 Å². The van der Waals surface area contributed by atoms with Gasteiger partial charge in [-0.05, 0) is 44.4 Å². The van der Waals surface area contributed by atoms with E-state index in [0.29, 0.717) is 23.1 Å². The summed E-state index contributed by atoms with van der Waals surface area (Å²) in [6, 6.07) is 7.96. The second-order valence-electron chi connectivity index (χ2n) is 7.82. The lowest BCUT2D eigenvalue weighted by Gasteiger charge is -2.36. The van der Waals surface area contributed by atoms with Gasteiger partial charge in [0.25, 0.3) is 5.82 Å². The largest absolute Gasteiger partial charge is 0.317 e. The molecule has 1 spiro atoms.